The van der Waals surface area contributed by atoms with Gasteiger partial charge in [0.2, 0.25) is 0 Å². The Hall–Kier alpha value is -1.42. The molecule has 102 valence electrons. The Kier molecular flexibility index (Phi) is 3.51. The molecule has 0 N–H and O–H groups in total. The van der Waals surface area contributed by atoms with Crippen molar-refractivity contribution in [3.8, 4) is 0 Å². The summed E-state index contributed by atoms with van der Waals surface area (Å²) in [6.45, 7) is 2.18. The molecule has 1 unspecified atom stereocenters. The van der Waals surface area contributed by atoms with Crippen molar-refractivity contribution >= 4 is 5.91 Å². The van der Waals surface area contributed by atoms with Crippen molar-refractivity contribution in [2.24, 2.45) is 5.92 Å². The van der Waals surface area contributed by atoms with E-state index in [-0.39, 0.29) is 11.5 Å². The van der Waals surface area contributed by atoms with Crippen LogP contribution in [-0.4, -0.2) is 36.6 Å². The molecule has 3 nitrogen and oxygen atoms in total. The highest BCUT2D eigenvalue weighted by Crippen LogP contribution is 2.30. The summed E-state index contributed by atoms with van der Waals surface area (Å²) >= 11 is 0. The van der Waals surface area contributed by atoms with Crippen LogP contribution in [0.3, 0.4) is 0 Å². The van der Waals surface area contributed by atoms with Gasteiger partial charge in [-0.2, -0.15) is 0 Å². The number of nitrogens with zero attached hydrogens (tertiary/aromatic N) is 1. The molecule has 0 aromatic heterocycles. The van der Waals surface area contributed by atoms with Crippen LogP contribution in [0, 0.1) is 11.7 Å². The van der Waals surface area contributed by atoms with Crippen molar-refractivity contribution in [2.45, 2.75) is 25.3 Å². The van der Waals surface area contributed by atoms with Crippen LogP contribution in [0.1, 0.15) is 29.6 Å². The van der Waals surface area contributed by atoms with Crippen LogP contribution >= 0.6 is 0 Å². The van der Waals surface area contributed by atoms with Crippen molar-refractivity contribution in [2.75, 3.05) is 19.8 Å². The van der Waals surface area contributed by atoms with E-state index in [0.717, 1.165) is 25.9 Å². The van der Waals surface area contributed by atoms with Crippen LogP contribution in [0.4, 0.5) is 4.39 Å². The Morgan fingerprint density at radius 2 is 2.11 bits per heavy atom. The lowest BCUT2D eigenvalue weighted by molar-refractivity contribution is 0.0701. The van der Waals surface area contributed by atoms with E-state index >= 15 is 0 Å². The minimum Gasteiger partial charge on any atom is -0.381 e. The molecule has 2 fully saturated rings. The smallest absolute Gasteiger partial charge is 0.257 e. The molecule has 1 heterocycles. The molecular formula is C15H18FNO2. The average Bonchev–Trinajstić information content (AvgIpc) is 3.13. The summed E-state index contributed by atoms with van der Waals surface area (Å²) in [7, 11) is 0. The van der Waals surface area contributed by atoms with Gasteiger partial charge in [0.15, 0.2) is 0 Å². The number of benzene rings is 1. The van der Waals surface area contributed by atoms with Gasteiger partial charge in [-0.1, -0.05) is 12.1 Å². The molecular weight excluding hydrogens is 245 g/mol. The van der Waals surface area contributed by atoms with Crippen LogP contribution in [0.15, 0.2) is 24.3 Å². The number of hydrogen-bond acceptors (Lipinski definition) is 2. The lowest BCUT2D eigenvalue weighted by Crippen LogP contribution is -2.37. The van der Waals surface area contributed by atoms with Crippen molar-refractivity contribution in [1.29, 1.82) is 0 Å². The first-order valence-corrected chi connectivity index (χ1v) is 6.89. The molecule has 0 spiro atoms. The third-order valence-corrected chi connectivity index (χ3v) is 3.83. The Bertz CT molecular complexity index is 467. The number of hydrogen-bond donors (Lipinski definition) is 0. The maximum absolute atomic E-state index is 13.7. The molecule has 1 saturated heterocycles. The third kappa shape index (κ3) is 2.78. The van der Waals surface area contributed by atoms with Gasteiger partial charge >= 0.3 is 0 Å². The number of carbonyl (C=O) groups excluding carboxylic acids is 1. The molecule has 1 aliphatic carbocycles. The van der Waals surface area contributed by atoms with Gasteiger partial charge in [0.05, 0.1) is 12.2 Å². The molecule has 1 aliphatic heterocycles. The van der Waals surface area contributed by atoms with E-state index in [1.54, 1.807) is 18.2 Å². The summed E-state index contributed by atoms with van der Waals surface area (Å²) in [5.41, 5.74) is 0.188. The zero-order valence-corrected chi connectivity index (χ0v) is 10.8. The average molecular weight is 263 g/mol. The molecule has 0 radical (unpaired) electrons. The molecule has 2 aliphatic rings. The van der Waals surface area contributed by atoms with Crippen LogP contribution in [0.25, 0.3) is 0 Å². The number of amides is 1. The van der Waals surface area contributed by atoms with Gasteiger partial charge < -0.3 is 9.64 Å². The Morgan fingerprint density at radius 1 is 1.32 bits per heavy atom. The summed E-state index contributed by atoms with van der Waals surface area (Å²) in [6, 6.07) is 6.53. The summed E-state index contributed by atoms with van der Waals surface area (Å²) < 4.78 is 19.1. The second-order valence-corrected chi connectivity index (χ2v) is 5.40. The number of halogens is 1. The standard InChI is InChI=1S/C15H18FNO2/c16-14-4-2-1-3-13(14)15(18)17(12-5-6-12)9-11-7-8-19-10-11/h1-4,11-12H,5-10H2. The van der Waals surface area contributed by atoms with Gasteiger partial charge in [0.1, 0.15) is 5.82 Å². The number of rotatable bonds is 4. The molecule has 1 amide bonds. The second kappa shape index (κ2) is 5.29. The van der Waals surface area contributed by atoms with Crippen LogP contribution in [0.5, 0.6) is 0 Å². The van der Waals surface area contributed by atoms with Crippen molar-refractivity contribution in [3.63, 3.8) is 0 Å². The number of ether oxygens (including phenoxy) is 1. The Morgan fingerprint density at radius 3 is 2.74 bits per heavy atom. The molecule has 1 atom stereocenters. The number of carbonyl (C=O) groups is 1. The van der Waals surface area contributed by atoms with Crippen LogP contribution in [-0.2, 0) is 4.74 Å². The second-order valence-electron chi connectivity index (χ2n) is 5.40. The Labute approximate surface area is 112 Å². The third-order valence-electron chi connectivity index (χ3n) is 3.83. The van der Waals surface area contributed by atoms with Gasteiger partial charge in [-0.3, -0.25) is 4.79 Å². The van der Waals surface area contributed by atoms with E-state index < -0.39 is 5.82 Å². The maximum Gasteiger partial charge on any atom is 0.257 e. The van der Waals surface area contributed by atoms with E-state index in [1.165, 1.54) is 6.07 Å². The largest absolute Gasteiger partial charge is 0.381 e. The monoisotopic (exact) mass is 263 g/mol. The fourth-order valence-corrected chi connectivity index (χ4v) is 2.58. The normalized spacial score (nSPS) is 22.5. The van der Waals surface area contributed by atoms with Gasteiger partial charge in [-0.25, -0.2) is 4.39 Å². The predicted octanol–water partition coefficient (Wildman–Crippen LogP) is 2.47. The highest BCUT2D eigenvalue weighted by molar-refractivity contribution is 5.94. The molecule has 19 heavy (non-hydrogen) atoms. The molecule has 1 saturated carbocycles. The van der Waals surface area contributed by atoms with E-state index in [1.807, 2.05) is 4.90 Å². The highest BCUT2D eigenvalue weighted by Gasteiger charge is 2.35. The maximum atomic E-state index is 13.7. The zero-order chi connectivity index (χ0) is 13.2. The van der Waals surface area contributed by atoms with Crippen LogP contribution in [0.2, 0.25) is 0 Å². The van der Waals surface area contributed by atoms with E-state index in [4.69, 9.17) is 4.74 Å². The molecule has 3 rings (SSSR count). The fourth-order valence-electron chi connectivity index (χ4n) is 2.58. The summed E-state index contributed by atoms with van der Waals surface area (Å²) in [5, 5.41) is 0. The first-order chi connectivity index (χ1) is 9.25. The van der Waals surface area contributed by atoms with Gasteiger partial charge in [0.25, 0.3) is 5.91 Å². The summed E-state index contributed by atoms with van der Waals surface area (Å²) in [6.07, 6.45) is 3.06. The van der Waals surface area contributed by atoms with Gasteiger partial charge in [-0.15, -0.1) is 0 Å². The van der Waals surface area contributed by atoms with Crippen LogP contribution < -0.4 is 0 Å². The molecule has 4 heteroatoms. The topological polar surface area (TPSA) is 29.5 Å². The van der Waals surface area contributed by atoms with Gasteiger partial charge in [-0.05, 0) is 31.4 Å². The first-order valence-electron chi connectivity index (χ1n) is 6.89. The predicted molar refractivity (Wildman–Crippen MR) is 69.4 cm³/mol. The van der Waals surface area contributed by atoms with E-state index in [2.05, 4.69) is 0 Å². The zero-order valence-electron chi connectivity index (χ0n) is 10.8. The first kappa shape index (κ1) is 12.6. The molecule has 0 bridgehead atoms. The fraction of sp³-hybridized carbons (Fsp3) is 0.533. The van der Waals surface area contributed by atoms with Gasteiger partial charge in [0, 0.05) is 25.1 Å². The minimum atomic E-state index is -0.430. The van der Waals surface area contributed by atoms with E-state index in [0.29, 0.717) is 25.1 Å². The minimum absolute atomic E-state index is 0.174. The highest BCUT2D eigenvalue weighted by atomic mass is 19.1. The lowest BCUT2D eigenvalue weighted by Gasteiger charge is -2.25. The Balaban J connectivity index is 1.76. The summed E-state index contributed by atoms with van der Waals surface area (Å²) in [5.74, 6) is -0.204. The quantitative estimate of drug-likeness (QED) is 0.835. The van der Waals surface area contributed by atoms with E-state index in [9.17, 15) is 9.18 Å². The lowest BCUT2D eigenvalue weighted by atomic mass is 10.1. The summed E-state index contributed by atoms with van der Waals surface area (Å²) in [4.78, 5) is 14.3. The molecule has 1 aromatic carbocycles. The van der Waals surface area contributed by atoms with Crippen molar-refractivity contribution in [3.05, 3.63) is 35.6 Å². The van der Waals surface area contributed by atoms with Crippen molar-refractivity contribution in [1.82, 2.24) is 4.90 Å². The van der Waals surface area contributed by atoms with Crippen molar-refractivity contribution < 1.29 is 13.9 Å². The molecule has 1 aromatic rings. The SMILES string of the molecule is O=C(c1ccccc1F)N(CC1CCOC1)C1CC1.